The van der Waals surface area contributed by atoms with E-state index in [0.717, 1.165) is 23.8 Å². The lowest BCUT2D eigenvalue weighted by molar-refractivity contribution is 0.157. The Kier molecular flexibility index (Phi) is 4.44. The monoisotopic (exact) mass is 251 g/mol. The Hall–Kier alpha value is -1.26. The fraction of sp³-hybridized carbons (Fsp3) is 0.571. The maximum atomic E-state index is 9.80. The standard InChI is InChI=1S/C14H21NO3/c1-17-9-13(10-3-4-10)15-8-11-7-12(18-2)5-6-14(11)16/h5-7,10,13,15-16H,3-4,8-9H2,1-2H3. The number of aromatic hydroxyl groups is 1. The molecular formula is C14H21NO3. The summed E-state index contributed by atoms with van der Waals surface area (Å²) in [6, 6.07) is 5.66. The Labute approximate surface area is 108 Å². The first kappa shape index (κ1) is 13.2. The zero-order valence-corrected chi connectivity index (χ0v) is 11.0. The normalized spacial score (nSPS) is 16.6. The molecule has 18 heavy (non-hydrogen) atoms. The number of ether oxygens (including phenoxy) is 2. The molecule has 1 aliphatic rings. The predicted molar refractivity (Wildman–Crippen MR) is 69.9 cm³/mol. The van der Waals surface area contributed by atoms with Crippen LogP contribution in [0.1, 0.15) is 18.4 Å². The first-order valence-corrected chi connectivity index (χ1v) is 6.32. The number of phenols is 1. The van der Waals surface area contributed by atoms with E-state index in [-0.39, 0.29) is 0 Å². The molecule has 0 heterocycles. The van der Waals surface area contributed by atoms with Crippen LogP contribution in [0.4, 0.5) is 0 Å². The maximum Gasteiger partial charge on any atom is 0.120 e. The molecule has 0 aliphatic heterocycles. The van der Waals surface area contributed by atoms with Gasteiger partial charge in [-0.25, -0.2) is 0 Å². The van der Waals surface area contributed by atoms with Gasteiger partial charge in [0.25, 0.3) is 0 Å². The molecule has 1 atom stereocenters. The lowest BCUT2D eigenvalue weighted by Gasteiger charge is -2.18. The van der Waals surface area contributed by atoms with E-state index in [1.54, 1.807) is 26.4 Å². The Balaban J connectivity index is 1.95. The van der Waals surface area contributed by atoms with Gasteiger partial charge in [0.2, 0.25) is 0 Å². The van der Waals surface area contributed by atoms with Crippen LogP contribution in [0.15, 0.2) is 18.2 Å². The summed E-state index contributed by atoms with van der Waals surface area (Å²) in [6.45, 7) is 1.35. The number of rotatable bonds is 7. The first-order valence-electron chi connectivity index (χ1n) is 6.32. The lowest BCUT2D eigenvalue weighted by atomic mass is 10.1. The summed E-state index contributed by atoms with van der Waals surface area (Å²) in [6.07, 6.45) is 2.54. The van der Waals surface area contributed by atoms with Gasteiger partial charge in [0.15, 0.2) is 0 Å². The van der Waals surface area contributed by atoms with Crippen molar-refractivity contribution in [2.45, 2.75) is 25.4 Å². The molecule has 0 spiro atoms. The van der Waals surface area contributed by atoms with Gasteiger partial charge < -0.3 is 19.9 Å². The highest BCUT2D eigenvalue weighted by Crippen LogP contribution is 2.33. The number of methoxy groups -OCH3 is 2. The lowest BCUT2D eigenvalue weighted by Crippen LogP contribution is -2.34. The average Bonchev–Trinajstić information content (AvgIpc) is 3.20. The smallest absolute Gasteiger partial charge is 0.120 e. The molecule has 2 N–H and O–H groups in total. The Morgan fingerprint density at radius 2 is 2.17 bits per heavy atom. The topological polar surface area (TPSA) is 50.7 Å². The molecule has 2 rings (SSSR count). The molecule has 0 radical (unpaired) electrons. The molecule has 1 aliphatic carbocycles. The van der Waals surface area contributed by atoms with Crippen molar-refractivity contribution in [2.75, 3.05) is 20.8 Å². The van der Waals surface area contributed by atoms with Gasteiger partial charge in [-0.05, 0) is 37.0 Å². The molecule has 4 nitrogen and oxygen atoms in total. The molecule has 1 aromatic carbocycles. The van der Waals surface area contributed by atoms with Crippen LogP contribution >= 0.6 is 0 Å². The third kappa shape index (κ3) is 3.37. The van der Waals surface area contributed by atoms with Crippen molar-refractivity contribution in [3.63, 3.8) is 0 Å². The van der Waals surface area contributed by atoms with Crippen molar-refractivity contribution < 1.29 is 14.6 Å². The average molecular weight is 251 g/mol. The van der Waals surface area contributed by atoms with Gasteiger partial charge in [0.1, 0.15) is 11.5 Å². The quantitative estimate of drug-likeness (QED) is 0.777. The van der Waals surface area contributed by atoms with Gasteiger partial charge >= 0.3 is 0 Å². The zero-order valence-electron chi connectivity index (χ0n) is 11.0. The molecule has 4 heteroatoms. The van der Waals surface area contributed by atoms with E-state index in [2.05, 4.69) is 5.32 Å². The summed E-state index contributed by atoms with van der Waals surface area (Å²) in [5, 5.41) is 13.3. The van der Waals surface area contributed by atoms with Crippen LogP contribution in [0.3, 0.4) is 0 Å². The van der Waals surface area contributed by atoms with E-state index in [9.17, 15) is 5.11 Å². The molecule has 1 unspecified atom stereocenters. The van der Waals surface area contributed by atoms with E-state index in [4.69, 9.17) is 9.47 Å². The van der Waals surface area contributed by atoms with Crippen molar-refractivity contribution in [3.05, 3.63) is 23.8 Å². The van der Waals surface area contributed by atoms with Crippen LogP contribution in [0, 0.1) is 5.92 Å². The minimum atomic E-state index is 0.301. The van der Waals surface area contributed by atoms with Crippen LogP contribution < -0.4 is 10.1 Å². The number of hydrogen-bond donors (Lipinski definition) is 2. The predicted octanol–water partition coefficient (Wildman–Crippen LogP) is 1.92. The number of benzene rings is 1. The minimum absolute atomic E-state index is 0.301. The number of nitrogens with one attached hydrogen (secondary N) is 1. The fourth-order valence-corrected chi connectivity index (χ4v) is 2.11. The maximum absolute atomic E-state index is 9.80. The van der Waals surface area contributed by atoms with Crippen LogP contribution in [-0.4, -0.2) is 32.0 Å². The zero-order chi connectivity index (χ0) is 13.0. The van der Waals surface area contributed by atoms with Crippen LogP contribution in [0.5, 0.6) is 11.5 Å². The molecule has 1 aromatic rings. The molecule has 0 saturated heterocycles. The highest BCUT2D eigenvalue weighted by molar-refractivity contribution is 5.39. The molecule has 0 aromatic heterocycles. The fourth-order valence-electron chi connectivity index (χ4n) is 2.11. The van der Waals surface area contributed by atoms with E-state index in [0.29, 0.717) is 18.3 Å². The highest BCUT2D eigenvalue weighted by Gasteiger charge is 2.30. The summed E-state index contributed by atoms with van der Waals surface area (Å²) < 4.78 is 10.4. The Morgan fingerprint density at radius 3 is 2.78 bits per heavy atom. The van der Waals surface area contributed by atoms with E-state index < -0.39 is 0 Å². The van der Waals surface area contributed by atoms with Crippen molar-refractivity contribution in [1.29, 1.82) is 0 Å². The van der Waals surface area contributed by atoms with Crippen LogP contribution in [0.25, 0.3) is 0 Å². The van der Waals surface area contributed by atoms with Crippen LogP contribution in [0.2, 0.25) is 0 Å². The molecule has 0 bridgehead atoms. The highest BCUT2D eigenvalue weighted by atomic mass is 16.5. The number of hydrogen-bond acceptors (Lipinski definition) is 4. The van der Waals surface area contributed by atoms with Gasteiger partial charge in [-0.15, -0.1) is 0 Å². The van der Waals surface area contributed by atoms with Crippen molar-refractivity contribution in [2.24, 2.45) is 5.92 Å². The minimum Gasteiger partial charge on any atom is -0.508 e. The summed E-state index contributed by atoms with van der Waals surface area (Å²) in [7, 11) is 3.35. The molecule has 0 amide bonds. The Morgan fingerprint density at radius 1 is 1.39 bits per heavy atom. The largest absolute Gasteiger partial charge is 0.508 e. The van der Waals surface area contributed by atoms with Gasteiger partial charge in [-0.2, -0.15) is 0 Å². The van der Waals surface area contributed by atoms with Gasteiger partial charge in [0.05, 0.1) is 13.7 Å². The SMILES string of the molecule is COCC(NCc1cc(OC)ccc1O)C1CC1. The summed E-state index contributed by atoms with van der Waals surface area (Å²) in [5.74, 6) is 1.78. The third-order valence-electron chi connectivity index (χ3n) is 3.38. The molecular weight excluding hydrogens is 230 g/mol. The van der Waals surface area contributed by atoms with E-state index in [1.807, 2.05) is 6.07 Å². The van der Waals surface area contributed by atoms with E-state index in [1.165, 1.54) is 12.8 Å². The molecule has 1 fully saturated rings. The Bertz CT molecular complexity index is 391. The third-order valence-corrected chi connectivity index (χ3v) is 3.38. The van der Waals surface area contributed by atoms with E-state index >= 15 is 0 Å². The number of phenolic OH excluding ortho intramolecular Hbond substituents is 1. The summed E-state index contributed by atoms with van der Waals surface area (Å²) in [5.41, 5.74) is 0.858. The summed E-state index contributed by atoms with van der Waals surface area (Å²) >= 11 is 0. The van der Waals surface area contributed by atoms with Gasteiger partial charge in [-0.3, -0.25) is 0 Å². The van der Waals surface area contributed by atoms with Crippen molar-refractivity contribution in [3.8, 4) is 11.5 Å². The second kappa shape index (κ2) is 6.07. The van der Waals surface area contributed by atoms with Crippen molar-refractivity contribution in [1.82, 2.24) is 5.32 Å². The second-order valence-corrected chi connectivity index (χ2v) is 4.77. The molecule has 1 saturated carbocycles. The first-order chi connectivity index (χ1) is 8.74. The molecule has 100 valence electrons. The summed E-state index contributed by atoms with van der Waals surface area (Å²) in [4.78, 5) is 0. The van der Waals surface area contributed by atoms with Gasteiger partial charge in [0, 0.05) is 25.3 Å². The second-order valence-electron chi connectivity index (χ2n) is 4.77. The van der Waals surface area contributed by atoms with Gasteiger partial charge in [-0.1, -0.05) is 0 Å². The van der Waals surface area contributed by atoms with Crippen LogP contribution in [-0.2, 0) is 11.3 Å². The van der Waals surface area contributed by atoms with Crippen molar-refractivity contribution >= 4 is 0 Å².